The van der Waals surface area contributed by atoms with Gasteiger partial charge in [0, 0.05) is 19.3 Å². The molecule has 0 saturated heterocycles. The number of Topliss-reactive ketones (excluding diaryl/α,β-unsaturated/α-hetero) is 1. The Morgan fingerprint density at radius 3 is 2.30 bits per heavy atom. The smallest absolute Gasteiger partial charge is 0.302 e. The zero-order valence-electron chi connectivity index (χ0n) is 22.2. The predicted octanol–water partition coefficient (Wildman–Crippen LogP) is 7.24. The van der Waals surface area contributed by atoms with Crippen LogP contribution in [0.4, 0.5) is 0 Å². The average molecular weight is 457 g/mol. The first-order valence-corrected chi connectivity index (χ1v) is 13.9. The second-order valence-electron chi connectivity index (χ2n) is 13.2. The summed E-state index contributed by atoms with van der Waals surface area (Å²) in [7, 11) is 0. The van der Waals surface area contributed by atoms with E-state index in [1.54, 1.807) is 0 Å². The molecule has 0 aromatic carbocycles. The third-order valence-corrected chi connectivity index (χ3v) is 11.2. The summed E-state index contributed by atoms with van der Waals surface area (Å²) in [6.45, 7) is 15.9. The SMILES string of the molecule is CC(=O)O[C@H]1CC[C@@]2(C)[C@H](C1)C(=O)C[C@@H]1[C@@H]2CC[C@]2(C)[C@@H]([C@H](C)/C=C/[C@H](C)C(C)C)CC[C@@H]12. The van der Waals surface area contributed by atoms with Gasteiger partial charge in [-0.1, -0.05) is 53.7 Å². The number of allylic oxidation sites excluding steroid dienone is 2. The van der Waals surface area contributed by atoms with E-state index < -0.39 is 0 Å². The number of esters is 1. The van der Waals surface area contributed by atoms with Crippen molar-refractivity contribution in [1.82, 2.24) is 0 Å². The van der Waals surface area contributed by atoms with Gasteiger partial charge in [-0.05, 0) is 97.2 Å². The van der Waals surface area contributed by atoms with Gasteiger partial charge in [0.05, 0.1) is 0 Å². The summed E-state index contributed by atoms with van der Waals surface area (Å²) in [6.07, 6.45) is 13.6. The largest absolute Gasteiger partial charge is 0.463 e. The first-order valence-electron chi connectivity index (χ1n) is 13.9. The van der Waals surface area contributed by atoms with Crippen LogP contribution in [0.2, 0.25) is 0 Å². The number of fused-ring (bicyclic) bond motifs is 5. The lowest BCUT2D eigenvalue weighted by atomic mass is 9.44. The Hall–Kier alpha value is -1.12. The molecule has 4 aliphatic rings. The van der Waals surface area contributed by atoms with Crippen LogP contribution in [-0.2, 0) is 14.3 Å². The molecule has 10 atom stereocenters. The van der Waals surface area contributed by atoms with Gasteiger partial charge in [0.15, 0.2) is 0 Å². The molecule has 0 spiro atoms. The van der Waals surface area contributed by atoms with E-state index in [9.17, 15) is 9.59 Å². The van der Waals surface area contributed by atoms with Gasteiger partial charge < -0.3 is 4.74 Å². The van der Waals surface area contributed by atoms with Gasteiger partial charge in [-0.3, -0.25) is 9.59 Å². The number of rotatable bonds is 5. The van der Waals surface area contributed by atoms with Crippen molar-refractivity contribution >= 4 is 11.8 Å². The molecule has 4 saturated carbocycles. The zero-order valence-corrected chi connectivity index (χ0v) is 22.2. The van der Waals surface area contributed by atoms with Crippen molar-refractivity contribution in [3.05, 3.63) is 12.2 Å². The van der Waals surface area contributed by atoms with E-state index in [-0.39, 0.29) is 23.4 Å². The molecule has 0 bridgehead atoms. The van der Waals surface area contributed by atoms with Crippen LogP contribution < -0.4 is 0 Å². The number of ether oxygens (including phenoxy) is 1. The first-order chi connectivity index (χ1) is 15.5. The van der Waals surface area contributed by atoms with Crippen molar-refractivity contribution in [3.63, 3.8) is 0 Å². The Morgan fingerprint density at radius 1 is 0.970 bits per heavy atom. The zero-order chi connectivity index (χ0) is 24.1. The van der Waals surface area contributed by atoms with E-state index >= 15 is 0 Å². The second kappa shape index (κ2) is 9.15. The molecular weight excluding hydrogens is 408 g/mol. The molecule has 4 rings (SSSR count). The first kappa shape index (κ1) is 25.0. The fraction of sp³-hybridized carbons (Fsp3) is 0.867. The summed E-state index contributed by atoms with van der Waals surface area (Å²) in [5.74, 6) is 4.89. The molecule has 0 aromatic heterocycles. The Kier molecular flexibility index (Phi) is 6.93. The van der Waals surface area contributed by atoms with Crippen LogP contribution in [0.1, 0.15) is 99.8 Å². The van der Waals surface area contributed by atoms with Gasteiger partial charge in [-0.25, -0.2) is 0 Å². The normalized spacial score (nSPS) is 44.8. The van der Waals surface area contributed by atoms with Gasteiger partial charge in [-0.2, -0.15) is 0 Å². The van der Waals surface area contributed by atoms with Crippen LogP contribution in [0.3, 0.4) is 0 Å². The van der Waals surface area contributed by atoms with Crippen molar-refractivity contribution in [2.75, 3.05) is 0 Å². The van der Waals surface area contributed by atoms with Crippen LogP contribution in [0, 0.1) is 58.2 Å². The van der Waals surface area contributed by atoms with Crippen molar-refractivity contribution in [2.24, 2.45) is 58.2 Å². The summed E-state index contributed by atoms with van der Waals surface area (Å²) < 4.78 is 5.55. The van der Waals surface area contributed by atoms with E-state index in [4.69, 9.17) is 4.74 Å². The Morgan fingerprint density at radius 2 is 1.64 bits per heavy atom. The quantitative estimate of drug-likeness (QED) is 0.323. The molecule has 186 valence electrons. The highest BCUT2D eigenvalue weighted by Gasteiger charge is 2.62. The molecular formula is C30H48O3. The van der Waals surface area contributed by atoms with Crippen molar-refractivity contribution in [2.45, 2.75) is 106 Å². The number of hydrogen-bond donors (Lipinski definition) is 0. The maximum Gasteiger partial charge on any atom is 0.302 e. The molecule has 0 heterocycles. The number of ketones is 1. The molecule has 0 amide bonds. The number of carbonyl (C=O) groups excluding carboxylic acids is 2. The van der Waals surface area contributed by atoms with E-state index in [1.807, 2.05) is 0 Å². The summed E-state index contributed by atoms with van der Waals surface area (Å²) in [4.78, 5) is 25.0. The molecule has 3 heteroatoms. The molecule has 4 fully saturated rings. The van der Waals surface area contributed by atoms with Crippen molar-refractivity contribution in [1.29, 1.82) is 0 Å². The van der Waals surface area contributed by atoms with Crippen LogP contribution in [0.15, 0.2) is 12.2 Å². The van der Waals surface area contributed by atoms with Gasteiger partial charge in [0.2, 0.25) is 0 Å². The highest BCUT2D eigenvalue weighted by molar-refractivity contribution is 5.83. The minimum atomic E-state index is -0.207. The van der Waals surface area contributed by atoms with Crippen molar-refractivity contribution in [3.8, 4) is 0 Å². The molecule has 3 nitrogen and oxygen atoms in total. The fourth-order valence-corrected chi connectivity index (χ4v) is 8.96. The summed E-state index contributed by atoms with van der Waals surface area (Å²) in [5.41, 5.74) is 0.457. The monoisotopic (exact) mass is 456 g/mol. The van der Waals surface area contributed by atoms with Crippen LogP contribution >= 0.6 is 0 Å². The molecule has 4 aliphatic carbocycles. The van der Waals surface area contributed by atoms with Crippen molar-refractivity contribution < 1.29 is 14.3 Å². The lowest BCUT2D eigenvalue weighted by Crippen LogP contribution is -2.57. The van der Waals surface area contributed by atoms with E-state index in [1.165, 1.54) is 32.6 Å². The third kappa shape index (κ3) is 4.36. The number of hydrogen-bond acceptors (Lipinski definition) is 3. The van der Waals surface area contributed by atoms with Crippen LogP contribution in [-0.4, -0.2) is 17.9 Å². The van der Waals surface area contributed by atoms with E-state index in [2.05, 4.69) is 53.7 Å². The molecule has 0 aliphatic heterocycles. The summed E-state index contributed by atoms with van der Waals surface area (Å²) in [5, 5.41) is 0. The standard InChI is InChI=1S/C30H48O3/c1-18(2)19(3)8-9-20(4)24-10-11-25-23-17-28(32)27-16-22(33-21(5)31)12-14-30(27,7)26(23)13-15-29(24,25)6/h8-9,18-20,22-27H,10-17H2,1-7H3/b9-8+/t19-,20+,22-,23-,24+,25-,26-,27+,29+,30+/m0/s1. The average Bonchev–Trinajstić information content (AvgIpc) is 3.10. The summed E-state index contributed by atoms with van der Waals surface area (Å²) >= 11 is 0. The third-order valence-electron chi connectivity index (χ3n) is 11.2. The molecule has 33 heavy (non-hydrogen) atoms. The lowest BCUT2D eigenvalue weighted by Gasteiger charge is -2.60. The minimum Gasteiger partial charge on any atom is -0.463 e. The Bertz CT molecular complexity index is 783. The molecule has 0 unspecified atom stereocenters. The summed E-state index contributed by atoms with van der Waals surface area (Å²) in [6, 6.07) is 0. The van der Waals surface area contributed by atoms with Gasteiger partial charge in [0.1, 0.15) is 11.9 Å². The van der Waals surface area contributed by atoms with Gasteiger partial charge in [-0.15, -0.1) is 0 Å². The van der Waals surface area contributed by atoms with Crippen LogP contribution in [0.5, 0.6) is 0 Å². The Labute approximate surface area is 202 Å². The van der Waals surface area contributed by atoms with Gasteiger partial charge in [0.25, 0.3) is 0 Å². The maximum absolute atomic E-state index is 13.5. The van der Waals surface area contributed by atoms with E-state index in [0.29, 0.717) is 46.7 Å². The van der Waals surface area contributed by atoms with E-state index in [0.717, 1.165) is 31.6 Å². The molecule has 0 aromatic rings. The maximum atomic E-state index is 13.5. The molecule has 0 radical (unpaired) electrons. The fourth-order valence-electron chi connectivity index (χ4n) is 8.96. The van der Waals surface area contributed by atoms with Gasteiger partial charge >= 0.3 is 5.97 Å². The topological polar surface area (TPSA) is 43.4 Å². The second-order valence-corrected chi connectivity index (χ2v) is 13.2. The predicted molar refractivity (Wildman–Crippen MR) is 133 cm³/mol. The minimum absolute atomic E-state index is 0.0633. The lowest BCUT2D eigenvalue weighted by molar-refractivity contribution is -0.169. The van der Waals surface area contributed by atoms with Crippen LogP contribution in [0.25, 0.3) is 0 Å². The Balaban J connectivity index is 1.51. The number of carbonyl (C=O) groups is 2. The highest BCUT2D eigenvalue weighted by Crippen LogP contribution is 2.67. The highest BCUT2D eigenvalue weighted by atomic mass is 16.5. The molecule has 0 N–H and O–H groups in total.